The molecule has 0 aliphatic rings. The van der Waals surface area contributed by atoms with Crippen molar-refractivity contribution in [3.8, 4) is 22.3 Å². The fourth-order valence-corrected chi connectivity index (χ4v) is 6.58. The minimum atomic E-state index is 0.882. The molecule has 40 heavy (non-hydrogen) atoms. The smallest absolute Gasteiger partial charge is 0.144 e. The first-order valence-electron chi connectivity index (χ1n) is 13.6. The molecule has 0 amide bonds. The molecule has 2 nitrogen and oxygen atoms in total. The maximum absolute atomic E-state index is 6.80. The highest BCUT2D eigenvalue weighted by molar-refractivity contribution is 6.29. The molecule has 0 spiro atoms. The molecular formula is C38H22O2. The van der Waals surface area contributed by atoms with Crippen LogP contribution in [0, 0.1) is 0 Å². The number of hydrogen-bond donors (Lipinski definition) is 0. The van der Waals surface area contributed by atoms with Crippen molar-refractivity contribution in [2.75, 3.05) is 0 Å². The van der Waals surface area contributed by atoms with Crippen molar-refractivity contribution in [2.24, 2.45) is 0 Å². The molecule has 0 atom stereocenters. The van der Waals surface area contributed by atoms with Crippen molar-refractivity contribution in [1.82, 2.24) is 0 Å². The molecule has 0 aliphatic carbocycles. The Labute approximate surface area is 229 Å². The number of furan rings is 2. The van der Waals surface area contributed by atoms with Gasteiger partial charge in [-0.1, -0.05) is 121 Å². The van der Waals surface area contributed by atoms with Crippen molar-refractivity contribution in [1.29, 1.82) is 0 Å². The Bertz CT molecular complexity index is 2430. The van der Waals surface area contributed by atoms with Gasteiger partial charge in [-0.25, -0.2) is 0 Å². The van der Waals surface area contributed by atoms with E-state index in [1.165, 1.54) is 21.7 Å². The molecule has 0 saturated heterocycles. The summed E-state index contributed by atoms with van der Waals surface area (Å²) in [6.07, 6.45) is 0. The first kappa shape index (κ1) is 21.6. The lowest BCUT2D eigenvalue weighted by Crippen LogP contribution is -1.90. The Morgan fingerprint density at radius 2 is 0.850 bits per heavy atom. The highest BCUT2D eigenvalue weighted by Gasteiger charge is 2.24. The van der Waals surface area contributed by atoms with E-state index in [0.29, 0.717) is 0 Å². The second kappa shape index (κ2) is 8.08. The number of hydrogen-bond acceptors (Lipinski definition) is 2. The van der Waals surface area contributed by atoms with Crippen molar-refractivity contribution >= 4 is 65.4 Å². The third-order valence-corrected chi connectivity index (χ3v) is 8.27. The highest BCUT2D eigenvalue weighted by atomic mass is 16.3. The molecule has 0 unspecified atom stereocenters. The molecule has 0 aliphatic heterocycles. The Hall–Kier alpha value is -5.34. The van der Waals surface area contributed by atoms with E-state index in [4.69, 9.17) is 8.83 Å². The van der Waals surface area contributed by atoms with Gasteiger partial charge in [0, 0.05) is 38.2 Å². The van der Waals surface area contributed by atoms with E-state index >= 15 is 0 Å². The molecule has 2 heterocycles. The molecule has 7 aromatic carbocycles. The average Bonchev–Trinajstić information content (AvgIpc) is 3.59. The molecule has 0 N–H and O–H groups in total. The summed E-state index contributed by atoms with van der Waals surface area (Å²) in [5.41, 5.74) is 8.10. The topological polar surface area (TPSA) is 26.3 Å². The van der Waals surface area contributed by atoms with Crippen LogP contribution < -0.4 is 0 Å². The Balaban J connectivity index is 1.53. The monoisotopic (exact) mass is 510 g/mol. The van der Waals surface area contributed by atoms with Crippen LogP contribution in [-0.2, 0) is 0 Å². The SMILES string of the molecule is c1ccc2c(-c3c4ccccc4c(-c4cccc5c4oc4ccccc45)c4c3oc3ccccc34)cccc2c1. The van der Waals surface area contributed by atoms with Gasteiger partial charge in [0.15, 0.2) is 0 Å². The molecule has 0 fully saturated rings. The summed E-state index contributed by atoms with van der Waals surface area (Å²) in [5, 5.41) is 9.23. The predicted molar refractivity (Wildman–Crippen MR) is 167 cm³/mol. The van der Waals surface area contributed by atoms with Gasteiger partial charge >= 0.3 is 0 Å². The lowest BCUT2D eigenvalue weighted by Gasteiger charge is -2.16. The predicted octanol–water partition coefficient (Wildman–Crippen LogP) is 11.1. The van der Waals surface area contributed by atoms with E-state index < -0.39 is 0 Å². The Morgan fingerprint density at radius 1 is 0.325 bits per heavy atom. The minimum Gasteiger partial charge on any atom is -0.455 e. The molecule has 0 saturated carbocycles. The fraction of sp³-hybridized carbons (Fsp3) is 0. The van der Waals surface area contributed by atoms with Crippen molar-refractivity contribution < 1.29 is 8.83 Å². The summed E-state index contributed by atoms with van der Waals surface area (Å²) in [6, 6.07) is 47.0. The van der Waals surface area contributed by atoms with Gasteiger partial charge in [0.2, 0.25) is 0 Å². The summed E-state index contributed by atoms with van der Waals surface area (Å²) >= 11 is 0. The molecule has 186 valence electrons. The van der Waals surface area contributed by atoms with Gasteiger partial charge in [-0.3, -0.25) is 0 Å². The summed E-state index contributed by atoms with van der Waals surface area (Å²) in [5.74, 6) is 0. The number of benzene rings is 7. The zero-order valence-electron chi connectivity index (χ0n) is 21.5. The van der Waals surface area contributed by atoms with E-state index in [2.05, 4.69) is 115 Å². The van der Waals surface area contributed by atoms with E-state index in [0.717, 1.165) is 66.0 Å². The molecule has 9 aromatic rings. The third-order valence-electron chi connectivity index (χ3n) is 8.27. The van der Waals surface area contributed by atoms with Crippen LogP contribution in [0.5, 0.6) is 0 Å². The number of fused-ring (bicyclic) bond motifs is 8. The van der Waals surface area contributed by atoms with Crippen LogP contribution in [0.3, 0.4) is 0 Å². The minimum absolute atomic E-state index is 0.882. The molecular weight excluding hydrogens is 488 g/mol. The second-order valence-corrected chi connectivity index (χ2v) is 10.4. The number of para-hydroxylation sites is 3. The molecule has 2 aromatic heterocycles. The maximum atomic E-state index is 6.80. The zero-order chi connectivity index (χ0) is 26.2. The average molecular weight is 511 g/mol. The first-order valence-corrected chi connectivity index (χ1v) is 13.6. The second-order valence-electron chi connectivity index (χ2n) is 10.4. The van der Waals surface area contributed by atoms with Gasteiger partial charge in [0.1, 0.15) is 22.3 Å². The first-order chi connectivity index (χ1) is 19.9. The van der Waals surface area contributed by atoms with Crippen LogP contribution in [0.1, 0.15) is 0 Å². The van der Waals surface area contributed by atoms with Crippen LogP contribution in [0.25, 0.3) is 87.7 Å². The summed E-state index contributed by atoms with van der Waals surface area (Å²) < 4.78 is 13.4. The normalized spacial score (nSPS) is 12.0. The largest absolute Gasteiger partial charge is 0.455 e. The van der Waals surface area contributed by atoms with Gasteiger partial charge in [-0.05, 0) is 39.2 Å². The standard InChI is InChI=1S/C38H22O2/c1-2-13-24-23(11-1)12-9-18-26(24)35-28-16-4-3-15-27(28)34(36-30-17-6-8-22-33(30)40-38(35)36)31-20-10-19-29-25-14-5-7-21-32(25)39-37(29)31/h1-22H. The zero-order valence-corrected chi connectivity index (χ0v) is 21.5. The van der Waals surface area contributed by atoms with E-state index in [1.807, 2.05) is 18.2 Å². The molecule has 2 heteroatoms. The van der Waals surface area contributed by atoms with Gasteiger partial charge in [-0.2, -0.15) is 0 Å². The van der Waals surface area contributed by atoms with Crippen LogP contribution in [-0.4, -0.2) is 0 Å². The third kappa shape index (κ3) is 2.88. The van der Waals surface area contributed by atoms with E-state index in [-0.39, 0.29) is 0 Å². The van der Waals surface area contributed by atoms with Gasteiger partial charge in [0.05, 0.1) is 0 Å². The Morgan fingerprint density at radius 3 is 1.68 bits per heavy atom. The summed E-state index contributed by atoms with van der Waals surface area (Å²) in [7, 11) is 0. The van der Waals surface area contributed by atoms with E-state index in [1.54, 1.807) is 0 Å². The maximum Gasteiger partial charge on any atom is 0.144 e. The van der Waals surface area contributed by atoms with Gasteiger partial charge in [0.25, 0.3) is 0 Å². The lowest BCUT2D eigenvalue weighted by molar-refractivity contribution is 0.670. The van der Waals surface area contributed by atoms with Crippen LogP contribution in [0.2, 0.25) is 0 Å². The Kier molecular flexibility index (Phi) is 4.36. The lowest BCUT2D eigenvalue weighted by atomic mass is 9.86. The van der Waals surface area contributed by atoms with Gasteiger partial charge in [-0.15, -0.1) is 0 Å². The van der Waals surface area contributed by atoms with Crippen molar-refractivity contribution in [2.45, 2.75) is 0 Å². The quantitative estimate of drug-likeness (QED) is 0.231. The highest BCUT2D eigenvalue weighted by Crippen LogP contribution is 2.50. The summed E-state index contributed by atoms with van der Waals surface area (Å²) in [4.78, 5) is 0. The van der Waals surface area contributed by atoms with Gasteiger partial charge < -0.3 is 8.83 Å². The fourth-order valence-electron chi connectivity index (χ4n) is 6.58. The molecule has 9 rings (SSSR count). The molecule has 0 radical (unpaired) electrons. The molecule has 0 bridgehead atoms. The number of rotatable bonds is 2. The summed E-state index contributed by atoms with van der Waals surface area (Å²) in [6.45, 7) is 0. The van der Waals surface area contributed by atoms with Crippen LogP contribution >= 0.6 is 0 Å². The van der Waals surface area contributed by atoms with E-state index in [9.17, 15) is 0 Å². The van der Waals surface area contributed by atoms with Crippen LogP contribution in [0.4, 0.5) is 0 Å². The van der Waals surface area contributed by atoms with Crippen LogP contribution in [0.15, 0.2) is 142 Å². The van der Waals surface area contributed by atoms with Crippen molar-refractivity contribution in [3.63, 3.8) is 0 Å². The van der Waals surface area contributed by atoms with Crippen molar-refractivity contribution in [3.05, 3.63) is 133 Å².